The molecule has 4 rings (SSSR count). The highest BCUT2D eigenvalue weighted by Crippen LogP contribution is 2.17. The quantitative estimate of drug-likeness (QED) is 0.401. The number of rotatable bonds is 5. The van der Waals surface area contributed by atoms with Gasteiger partial charge in [0.2, 0.25) is 0 Å². The summed E-state index contributed by atoms with van der Waals surface area (Å²) in [5, 5.41) is 4.08. The third-order valence-corrected chi connectivity index (χ3v) is 5.42. The molecule has 0 fully saturated rings. The van der Waals surface area contributed by atoms with Gasteiger partial charge in [-0.25, -0.2) is 15.1 Å². The average molecular weight is 416 g/mol. The van der Waals surface area contributed by atoms with Crippen molar-refractivity contribution < 1.29 is 4.79 Å². The molecule has 8 nitrogen and oxygen atoms in total. The molecule has 2 heterocycles. The number of aryl methyl sites for hydroxylation is 2. The fraction of sp³-hybridized carbons (Fsp3) is 0.217. The lowest BCUT2D eigenvalue weighted by Gasteiger charge is -2.08. The van der Waals surface area contributed by atoms with Crippen molar-refractivity contribution >= 4 is 23.2 Å². The molecule has 158 valence electrons. The molecule has 0 aliphatic carbocycles. The molecule has 1 N–H and O–H groups in total. The van der Waals surface area contributed by atoms with Gasteiger partial charge in [-0.3, -0.25) is 14.3 Å². The fourth-order valence-corrected chi connectivity index (χ4v) is 3.80. The van der Waals surface area contributed by atoms with Crippen molar-refractivity contribution in [3.05, 3.63) is 81.5 Å². The Balaban J connectivity index is 1.57. The van der Waals surface area contributed by atoms with Gasteiger partial charge in [-0.1, -0.05) is 18.2 Å². The van der Waals surface area contributed by atoms with E-state index in [1.54, 1.807) is 35.5 Å². The van der Waals surface area contributed by atoms with E-state index < -0.39 is 0 Å². The maximum absolute atomic E-state index is 12.7. The molecule has 0 saturated heterocycles. The van der Waals surface area contributed by atoms with Crippen molar-refractivity contribution in [1.29, 1.82) is 0 Å². The van der Waals surface area contributed by atoms with E-state index in [1.807, 2.05) is 43.3 Å². The number of carbonyl (C=O) groups excluding carboxylic acids is 1. The number of hydrogen-bond acceptors (Lipinski definition) is 4. The van der Waals surface area contributed by atoms with Crippen LogP contribution in [0.1, 0.15) is 34.4 Å². The van der Waals surface area contributed by atoms with Crippen molar-refractivity contribution in [2.75, 3.05) is 0 Å². The SMILES string of the molecule is CCn1c(C)nc2cc(C(=O)N/N=C\c3c(C)c(=O)n(-c4ccccc4)n3C)ccc21. The van der Waals surface area contributed by atoms with Crippen LogP contribution in [-0.4, -0.2) is 31.0 Å². The van der Waals surface area contributed by atoms with Crippen LogP contribution in [-0.2, 0) is 13.6 Å². The molecule has 0 radical (unpaired) electrons. The van der Waals surface area contributed by atoms with Gasteiger partial charge in [0.05, 0.1) is 28.6 Å². The Bertz CT molecular complexity index is 1360. The molecule has 0 spiro atoms. The molecule has 0 atom stereocenters. The zero-order valence-corrected chi connectivity index (χ0v) is 18.0. The summed E-state index contributed by atoms with van der Waals surface area (Å²) in [6, 6.07) is 14.8. The Morgan fingerprint density at radius 2 is 1.90 bits per heavy atom. The second kappa shape index (κ2) is 8.06. The van der Waals surface area contributed by atoms with Crippen molar-refractivity contribution in [3.63, 3.8) is 0 Å². The summed E-state index contributed by atoms with van der Waals surface area (Å²) in [5.74, 6) is 0.569. The summed E-state index contributed by atoms with van der Waals surface area (Å²) in [7, 11) is 1.78. The highest BCUT2D eigenvalue weighted by atomic mass is 16.2. The third-order valence-electron chi connectivity index (χ3n) is 5.42. The van der Waals surface area contributed by atoms with Gasteiger partial charge in [0.1, 0.15) is 5.82 Å². The number of amides is 1. The van der Waals surface area contributed by atoms with E-state index in [0.717, 1.165) is 29.1 Å². The summed E-state index contributed by atoms with van der Waals surface area (Å²) < 4.78 is 5.38. The standard InChI is InChI=1S/C23H24N6O2/c1-5-28-16(3)25-19-13-17(11-12-20(19)28)22(30)26-24-14-21-15(2)23(31)29(27(21)4)18-9-7-6-8-10-18/h6-14H,5H2,1-4H3,(H,26,30)/b24-14-. The second-order valence-electron chi connectivity index (χ2n) is 7.29. The lowest BCUT2D eigenvalue weighted by Crippen LogP contribution is -2.20. The van der Waals surface area contributed by atoms with E-state index >= 15 is 0 Å². The molecule has 8 heteroatoms. The van der Waals surface area contributed by atoms with Crippen LogP contribution in [0.25, 0.3) is 16.7 Å². The molecule has 0 aliphatic heterocycles. The van der Waals surface area contributed by atoms with E-state index in [1.165, 1.54) is 6.21 Å². The number of benzene rings is 2. The summed E-state index contributed by atoms with van der Waals surface area (Å²) in [6.45, 7) is 6.57. The molecule has 0 aliphatic rings. The summed E-state index contributed by atoms with van der Waals surface area (Å²) in [6.07, 6.45) is 1.49. The smallest absolute Gasteiger partial charge is 0.274 e. The number of hydrogen-bond donors (Lipinski definition) is 1. The van der Waals surface area contributed by atoms with Crippen LogP contribution in [0.15, 0.2) is 58.4 Å². The van der Waals surface area contributed by atoms with E-state index in [0.29, 0.717) is 16.8 Å². The monoisotopic (exact) mass is 416 g/mol. The Labute approximate surface area is 179 Å². The zero-order chi connectivity index (χ0) is 22.1. The maximum Gasteiger partial charge on any atom is 0.274 e. The van der Waals surface area contributed by atoms with Crippen LogP contribution in [0.3, 0.4) is 0 Å². The second-order valence-corrected chi connectivity index (χ2v) is 7.29. The molecular formula is C23H24N6O2. The van der Waals surface area contributed by atoms with Crippen molar-refractivity contribution in [1.82, 2.24) is 24.3 Å². The third kappa shape index (κ3) is 3.56. The summed E-state index contributed by atoms with van der Waals surface area (Å²) >= 11 is 0. The normalized spacial score (nSPS) is 11.5. The first-order chi connectivity index (χ1) is 14.9. The van der Waals surface area contributed by atoms with Crippen LogP contribution >= 0.6 is 0 Å². The largest absolute Gasteiger partial charge is 0.329 e. The minimum Gasteiger partial charge on any atom is -0.329 e. The maximum atomic E-state index is 12.7. The Morgan fingerprint density at radius 1 is 1.16 bits per heavy atom. The predicted molar refractivity (Wildman–Crippen MR) is 121 cm³/mol. The van der Waals surface area contributed by atoms with Crippen LogP contribution in [0.4, 0.5) is 0 Å². The van der Waals surface area contributed by atoms with E-state index in [2.05, 4.69) is 27.0 Å². The predicted octanol–water partition coefficient (Wildman–Crippen LogP) is 2.93. The number of carbonyl (C=O) groups is 1. The molecule has 2 aromatic heterocycles. The molecule has 2 aromatic carbocycles. The number of imidazole rings is 1. The van der Waals surface area contributed by atoms with Gasteiger partial charge in [-0.15, -0.1) is 0 Å². The lowest BCUT2D eigenvalue weighted by atomic mass is 10.2. The Morgan fingerprint density at radius 3 is 2.61 bits per heavy atom. The minimum atomic E-state index is -0.341. The fourth-order valence-electron chi connectivity index (χ4n) is 3.80. The van der Waals surface area contributed by atoms with Crippen LogP contribution < -0.4 is 11.0 Å². The van der Waals surface area contributed by atoms with Crippen LogP contribution in [0.2, 0.25) is 0 Å². The first-order valence-electron chi connectivity index (χ1n) is 10.1. The van der Waals surface area contributed by atoms with Crippen molar-refractivity contribution in [3.8, 4) is 5.69 Å². The zero-order valence-electron chi connectivity index (χ0n) is 18.0. The number of nitrogens with zero attached hydrogens (tertiary/aromatic N) is 5. The number of para-hydroxylation sites is 1. The summed E-state index contributed by atoms with van der Waals surface area (Å²) in [5.41, 5.74) is 6.57. The number of aromatic nitrogens is 4. The Hall–Kier alpha value is -3.94. The van der Waals surface area contributed by atoms with E-state index in [4.69, 9.17) is 0 Å². The van der Waals surface area contributed by atoms with Gasteiger partial charge in [-0.2, -0.15) is 5.10 Å². The molecule has 0 saturated carbocycles. The van der Waals surface area contributed by atoms with Crippen molar-refractivity contribution in [2.45, 2.75) is 27.3 Å². The molecule has 0 unspecified atom stereocenters. The number of nitrogens with one attached hydrogen (secondary N) is 1. The number of hydrazone groups is 1. The van der Waals surface area contributed by atoms with Gasteiger partial charge in [0.15, 0.2) is 0 Å². The lowest BCUT2D eigenvalue weighted by molar-refractivity contribution is 0.0955. The molecule has 0 bridgehead atoms. The van der Waals surface area contributed by atoms with E-state index in [-0.39, 0.29) is 11.5 Å². The first kappa shape index (κ1) is 20.3. The first-order valence-corrected chi connectivity index (χ1v) is 10.1. The van der Waals surface area contributed by atoms with Gasteiger partial charge in [-0.05, 0) is 51.1 Å². The Kier molecular flexibility index (Phi) is 5.29. The van der Waals surface area contributed by atoms with Gasteiger partial charge in [0.25, 0.3) is 11.5 Å². The van der Waals surface area contributed by atoms with Gasteiger partial charge in [0, 0.05) is 24.7 Å². The minimum absolute atomic E-state index is 0.131. The van der Waals surface area contributed by atoms with E-state index in [9.17, 15) is 9.59 Å². The summed E-state index contributed by atoms with van der Waals surface area (Å²) in [4.78, 5) is 29.8. The average Bonchev–Trinajstić information content (AvgIpc) is 3.20. The van der Waals surface area contributed by atoms with Gasteiger partial charge >= 0.3 is 0 Å². The van der Waals surface area contributed by atoms with Gasteiger partial charge < -0.3 is 4.57 Å². The van der Waals surface area contributed by atoms with Crippen molar-refractivity contribution in [2.24, 2.45) is 12.1 Å². The number of fused-ring (bicyclic) bond motifs is 1. The molecular weight excluding hydrogens is 392 g/mol. The van der Waals surface area contributed by atoms with Crippen LogP contribution in [0.5, 0.6) is 0 Å². The highest BCUT2D eigenvalue weighted by Gasteiger charge is 2.15. The molecule has 31 heavy (non-hydrogen) atoms. The van der Waals surface area contributed by atoms with Crippen LogP contribution in [0, 0.1) is 13.8 Å². The topological polar surface area (TPSA) is 86.2 Å². The molecule has 4 aromatic rings. The molecule has 1 amide bonds. The highest BCUT2D eigenvalue weighted by molar-refractivity contribution is 5.97.